The maximum atomic E-state index is 13.2. The molecule has 1 aliphatic heterocycles. The maximum Gasteiger partial charge on any atom is 0.335 e. The first-order valence-electron chi connectivity index (χ1n) is 11.8. The van der Waals surface area contributed by atoms with Gasteiger partial charge in [0.25, 0.3) is 11.8 Å². The van der Waals surface area contributed by atoms with E-state index in [1.165, 1.54) is 24.3 Å². The molecule has 0 radical (unpaired) electrons. The van der Waals surface area contributed by atoms with E-state index in [-0.39, 0.29) is 40.2 Å². The van der Waals surface area contributed by atoms with Gasteiger partial charge in [0.2, 0.25) is 0 Å². The fourth-order valence-corrected chi connectivity index (χ4v) is 4.00. The van der Waals surface area contributed by atoms with Crippen molar-refractivity contribution in [3.05, 3.63) is 88.2 Å². The number of nitrogens with zero attached hydrogens (tertiary/aromatic N) is 1. The average molecular weight is 539 g/mol. The Hall–Kier alpha value is -4.37. The summed E-state index contributed by atoms with van der Waals surface area (Å²) >= 11 is 6.48. The Morgan fingerprint density at radius 1 is 0.921 bits per heavy atom. The summed E-state index contributed by atoms with van der Waals surface area (Å²) in [6, 6.07) is 14.4. The number of amides is 4. The molecular weight excluding hydrogens is 515 g/mol. The van der Waals surface area contributed by atoms with Crippen LogP contribution in [0.15, 0.2) is 66.2 Å². The number of imide groups is 2. The Balaban J connectivity index is 1.63. The second-order valence-electron chi connectivity index (χ2n) is 8.06. The third-order valence-corrected chi connectivity index (χ3v) is 5.73. The van der Waals surface area contributed by atoms with E-state index >= 15 is 0 Å². The number of ether oxygens (including phenoxy) is 3. The number of carbonyl (C=O) groups excluding carboxylic acids is 3. The van der Waals surface area contributed by atoms with Crippen molar-refractivity contribution in [1.29, 1.82) is 0 Å². The molecule has 0 spiro atoms. The van der Waals surface area contributed by atoms with Gasteiger partial charge in [-0.15, -0.1) is 0 Å². The lowest BCUT2D eigenvalue weighted by atomic mass is 10.1. The van der Waals surface area contributed by atoms with E-state index in [0.29, 0.717) is 24.5 Å². The molecule has 3 aromatic carbocycles. The molecule has 3 aromatic rings. The minimum absolute atomic E-state index is 0.112. The van der Waals surface area contributed by atoms with Crippen LogP contribution in [0.5, 0.6) is 17.2 Å². The predicted octanol–water partition coefficient (Wildman–Crippen LogP) is 5.52. The van der Waals surface area contributed by atoms with Crippen LogP contribution in [-0.2, 0) is 16.2 Å². The van der Waals surface area contributed by atoms with Crippen LogP contribution in [0.4, 0.5) is 14.9 Å². The van der Waals surface area contributed by atoms with Gasteiger partial charge in [-0.2, -0.15) is 0 Å². The van der Waals surface area contributed by atoms with Gasteiger partial charge >= 0.3 is 6.03 Å². The van der Waals surface area contributed by atoms with Crippen LogP contribution >= 0.6 is 11.6 Å². The van der Waals surface area contributed by atoms with Crippen LogP contribution in [0.2, 0.25) is 5.02 Å². The number of halogens is 2. The molecule has 1 saturated heterocycles. The van der Waals surface area contributed by atoms with Gasteiger partial charge in [0, 0.05) is 0 Å². The third-order valence-electron chi connectivity index (χ3n) is 5.45. The van der Waals surface area contributed by atoms with E-state index < -0.39 is 17.8 Å². The average Bonchev–Trinajstić information content (AvgIpc) is 2.88. The predicted molar refractivity (Wildman–Crippen MR) is 140 cm³/mol. The van der Waals surface area contributed by atoms with Crippen LogP contribution in [0, 0.1) is 5.82 Å². The molecule has 0 aromatic heterocycles. The van der Waals surface area contributed by atoms with Crippen LogP contribution in [0.1, 0.15) is 25.0 Å². The van der Waals surface area contributed by atoms with Gasteiger partial charge in [0.1, 0.15) is 23.7 Å². The largest absolute Gasteiger partial charge is 0.494 e. The number of rotatable bonds is 9. The zero-order valence-corrected chi connectivity index (χ0v) is 21.4. The fraction of sp³-hybridized carbons (Fsp3) is 0.179. The highest BCUT2D eigenvalue weighted by Gasteiger charge is 2.37. The molecule has 0 saturated carbocycles. The van der Waals surface area contributed by atoms with Gasteiger partial charge < -0.3 is 14.2 Å². The Labute approximate surface area is 223 Å². The van der Waals surface area contributed by atoms with E-state index in [0.717, 1.165) is 10.5 Å². The Morgan fingerprint density at radius 2 is 1.61 bits per heavy atom. The van der Waals surface area contributed by atoms with E-state index in [4.69, 9.17) is 25.8 Å². The first kappa shape index (κ1) is 26.7. The van der Waals surface area contributed by atoms with E-state index in [1.807, 2.05) is 6.92 Å². The number of hydrogen-bond donors (Lipinski definition) is 1. The minimum atomic E-state index is -0.862. The lowest BCUT2D eigenvalue weighted by Crippen LogP contribution is -2.54. The van der Waals surface area contributed by atoms with Gasteiger partial charge in [-0.05, 0) is 79.6 Å². The minimum Gasteiger partial charge on any atom is -0.494 e. The molecule has 1 aliphatic rings. The van der Waals surface area contributed by atoms with Gasteiger partial charge in [0.15, 0.2) is 11.5 Å². The standard InChI is InChI=1S/C28H24ClFN2O6/c1-3-36-21-11-9-20(10-12-21)32-27(34)22(26(33)31-28(32)35)13-18-14-23(29)25(24(15-18)37-4-2)38-16-17-5-7-19(30)8-6-17/h5-15H,3-4,16H2,1-2H3,(H,31,33,35)/b22-13+. The first-order valence-corrected chi connectivity index (χ1v) is 12.2. The van der Waals surface area contributed by atoms with Gasteiger partial charge in [0.05, 0.1) is 23.9 Å². The fourth-order valence-electron chi connectivity index (χ4n) is 3.73. The summed E-state index contributed by atoms with van der Waals surface area (Å²) in [6.45, 7) is 4.49. The molecule has 10 heteroatoms. The number of benzene rings is 3. The monoisotopic (exact) mass is 538 g/mol. The highest BCUT2D eigenvalue weighted by molar-refractivity contribution is 6.39. The van der Waals surface area contributed by atoms with Crippen LogP contribution in [0.3, 0.4) is 0 Å². The van der Waals surface area contributed by atoms with Crippen molar-refractivity contribution < 1.29 is 33.0 Å². The van der Waals surface area contributed by atoms with Crippen LogP contribution in [-0.4, -0.2) is 31.1 Å². The molecule has 0 bridgehead atoms. The van der Waals surface area contributed by atoms with Crippen molar-refractivity contribution >= 4 is 41.2 Å². The van der Waals surface area contributed by atoms with E-state index in [9.17, 15) is 18.8 Å². The summed E-state index contributed by atoms with van der Waals surface area (Å²) in [5, 5.41) is 2.36. The molecule has 0 atom stereocenters. The van der Waals surface area contributed by atoms with Gasteiger partial charge in [-0.1, -0.05) is 23.7 Å². The number of hydrogen-bond acceptors (Lipinski definition) is 6. The number of anilines is 1. The number of carbonyl (C=O) groups is 3. The van der Waals surface area contributed by atoms with E-state index in [2.05, 4.69) is 5.32 Å². The molecule has 4 rings (SSSR count). The maximum absolute atomic E-state index is 13.2. The van der Waals surface area contributed by atoms with Crippen LogP contribution < -0.4 is 24.4 Å². The summed E-state index contributed by atoms with van der Waals surface area (Å²) in [5.41, 5.74) is 1.11. The molecule has 0 unspecified atom stereocenters. The molecule has 38 heavy (non-hydrogen) atoms. The summed E-state index contributed by atoms with van der Waals surface area (Å²) < 4.78 is 30.1. The van der Waals surface area contributed by atoms with Gasteiger partial charge in [-0.25, -0.2) is 14.1 Å². The lowest BCUT2D eigenvalue weighted by molar-refractivity contribution is -0.122. The molecule has 1 heterocycles. The highest BCUT2D eigenvalue weighted by Crippen LogP contribution is 2.38. The number of urea groups is 1. The number of nitrogens with one attached hydrogen (secondary N) is 1. The third kappa shape index (κ3) is 5.95. The highest BCUT2D eigenvalue weighted by atomic mass is 35.5. The normalized spacial score (nSPS) is 14.5. The second-order valence-corrected chi connectivity index (χ2v) is 8.47. The number of barbiturate groups is 1. The quantitative estimate of drug-likeness (QED) is 0.285. The molecule has 196 valence electrons. The van der Waals surface area contributed by atoms with Crippen molar-refractivity contribution in [1.82, 2.24) is 5.32 Å². The molecular formula is C28H24ClFN2O6. The Morgan fingerprint density at radius 3 is 2.26 bits per heavy atom. The SMILES string of the molecule is CCOc1ccc(N2C(=O)NC(=O)/C(=C\c3cc(Cl)c(OCc4ccc(F)cc4)c(OCC)c3)C2=O)cc1. The Bertz CT molecular complexity index is 1390. The molecule has 0 aliphatic carbocycles. The molecule has 1 N–H and O–H groups in total. The summed E-state index contributed by atoms with van der Waals surface area (Å²) in [4.78, 5) is 39.2. The van der Waals surface area contributed by atoms with Crippen molar-refractivity contribution in [2.75, 3.05) is 18.1 Å². The zero-order chi connectivity index (χ0) is 27.2. The van der Waals surface area contributed by atoms with Crippen LogP contribution in [0.25, 0.3) is 6.08 Å². The second kappa shape index (κ2) is 11.8. The summed E-state index contributed by atoms with van der Waals surface area (Å²) in [6.07, 6.45) is 1.32. The molecule has 8 nitrogen and oxygen atoms in total. The van der Waals surface area contributed by atoms with Crippen molar-refractivity contribution in [2.45, 2.75) is 20.5 Å². The lowest BCUT2D eigenvalue weighted by Gasteiger charge is -2.26. The van der Waals surface area contributed by atoms with Crippen molar-refractivity contribution in [2.24, 2.45) is 0 Å². The smallest absolute Gasteiger partial charge is 0.335 e. The zero-order valence-electron chi connectivity index (χ0n) is 20.6. The van der Waals surface area contributed by atoms with Crippen molar-refractivity contribution in [3.63, 3.8) is 0 Å². The molecule has 4 amide bonds. The first-order chi connectivity index (χ1) is 18.3. The van der Waals surface area contributed by atoms with Gasteiger partial charge in [-0.3, -0.25) is 14.9 Å². The topological polar surface area (TPSA) is 94.2 Å². The van der Waals surface area contributed by atoms with Crippen molar-refractivity contribution in [3.8, 4) is 17.2 Å². The Kier molecular flexibility index (Phi) is 8.28. The summed E-state index contributed by atoms with van der Waals surface area (Å²) in [5.74, 6) is -0.875. The summed E-state index contributed by atoms with van der Waals surface area (Å²) in [7, 11) is 0. The molecule has 1 fully saturated rings. The van der Waals surface area contributed by atoms with E-state index in [1.54, 1.807) is 49.4 Å².